The average molecular weight is 350 g/mol. The molecule has 0 fully saturated rings. The minimum Gasteiger partial charge on any atom is -0.462 e. The maximum Gasteiger partial charge on any atom is 0.407 e. The van der Waals surface area contributed by atoms with Crippen molar-refractivity contribution in [3.63, 3.8) is 0 Å². The normalized spacial score (nSPS) is 11.6. The summed E-state index contributed by atoms with van der Waals surface area (Å²) in [5.41, 5.74) is 0.935. The summed E-state index contributed by atoms with van der Waals surface area (Å²) in [6.07, 6.45) is 0.120. The summed E-state index contributed by atoms with van der Waals surface area (Å²) in [6, 6.07) is 5.66. The first-order chi connectivity index (χ1) is 11.9. The monoisotopic (exact) mass is 350 g/mol. The number of esters is 1. The van der Waals surface area contributed by atoms with Gasteiger partial charge in [-0.25, -0.2) is 9.59 Å². The van der Waals surface area contributed by atoms with Gasteiger partial charge in [0.1, 0.15) is 6.04 Å². The number of nitrogens with one attached hydrogen (secondary N) is 2. The number of ether oxygens (including phenoxy) is 2. The lowest BCUT2D eigenvalue weighted by Crippen LogP contribution is -2.47. The first kappa shape index (κ1) is 20.5. The summed E-state index contributed by atoms with van der Waals surface area (Å²) >= 11 is 0. The van der Waals surface area contributed by atoms with E-state index in [2.05, 4.69) is 10.6 Å². The van der Waals surface area contributed by atoms with Gasteiger partial charge in [-0.15, -0.1) is 0 Å². The van der Waals surface area contributed by atoms with Crippen LogP contribution in [0.4, 0.5) is 10.5 Å². The number of hydrogen-bond donors (Lipinski definition) is 2. The number of anilines is 1. The lowest BCUT2D eigenvalue weighted by molar-refractivity contribution is -0.119. The Hall–Kier alpha value is -2.57. The molecule has 0 saturated carbocycles. The van der Waals surface area contributed by atoms with Crippen molar-refractivity contribution < 1.29 is 23.9 Å². The second kappa shape index (κ2) is 10.3. The molecule has 1 aromatic carbocycles. The number of rotatable bonds is 8. The number of hydrogen-bond acceptors (Lipinski definition) is 5. The number of benzene rings is 1. The summed E-state index contributed by atoms with van der Waals surface area (Å²) in [5, 5.41) is 5.26. The van der Waals surface area contributed by atoms with Gasteiger partial charge in [-0.2, -0.15) is 0 Å². The van der Waals surface area contributed by atoms with E-state index < -0.39 is 18.1 Å². The van der Waals surface area contributed by atoms with Gasteiger partial charge in [0.05, 0.1) is 18.8 Å². The summed E-state index contributed by atoms with van der Waals surface area (Å²) < 4.78 is 9.86. The standard InChI is InChI=1S/C18H26N2O5/c1-5-11-25-17(22)13-7-9-14(10-8-13)19-16(21)15(12(3)4)20-18(23)24-6-2/h7-10,12,15H,5-6,11H2,1-4H3,(H,19,21)(H,20,23). The van der Waals surface area contributed by atoms with Crippen LogP contribution in [0, 0.1) is 5.92 Å². The molecule has 0 heterocycles. The predicted octanol–water partition coefficient (Wildman–Crippen LogP) is 2.96. The van der Waals surface area contributed by atoms with E-state index in [1.807, 2.05) is 20.8 Å². The number of alkyl carbamates (subject to hydrolysis) is 1. The molecule has 138 valence electrons. The number of carbonyl (C=O) groups excluding carboxylic acids is 3. The maximum atomic E-state index is 12.4. The Kier molecular flexibility index (Phi) is 8.46. The zero-order valence-corrected chi connectivity index (χ0v) is 15.1. The van der Waals surface area contributed by atoms with E-state index in [4.69, 9.17) is 9.47 Å². The van der Waals surface area contributed by atoms with Gasteiger partial charge in [-0.05, 0) is 43.5 Å². The van der Waals surface area contributed by atoms with Crippen molar-refractivity contribution >= 4 is 23.7 Å². The smallest absolute Gasteiger partial charge is 0.407 e. The van der Waals surface area contributed by atoms with Crippen LogP contribution in [0.2, 0.25) is 0 Å². The molecule has 0 aliphatic rings. The van der Waals surface area contributed by atoms with Crippen molar-refractivity contribution in [2.75, 3.05) is 18.5 Å². The molecule has 7 nitrogen and oxygen atoms in total. The zero-order valence-electron chi connectivity index (χ0n) is 15.1. The third-order valence-electron chi connectivity index (χ3n) is 3.32. The summed E-state index contributed by atoms with van der Waals surface area (Å²) in [5.74, 6) is -0.874. The molecule has 1 aromatic rings. The lowest BCUT2D eigenvalue weighted by atomic mass is 10.0. The van der Waals surface area contributed by atoms with E-state index >= 15 is 0 Å². The van der Waals surface area contributed by atoms with E-state index in [0.29, 0.717) is 17.9 Å². The minimum atomic E-state index is -0.728. The fraction of sp³-hybridized carbons (Fsp3) is 0.500. The molecule has 0 aromatic heterocycles. The van der Waals surface area contributed by atoms with Gasteiger partial charge in [-0.1, -0.05) is 20.8 Å². The molecule has 0 bridgehead atoms. The van der Waals surface area contributed by atoms with Gasteiger partial charge in [-0.3, -0.25) is 4.79 Å². The van der Waals surface area contributed by atoms with Gasteiger partial charge in [0.2, 0.25) is 5.91 Å². The van der Waals surface area contributed by atoms with E-state index in [1.165, 1.54) is 0 Å². The highest BCUT2D eigenvalue weighted by Crippen LogP contribution is 2.13. The Morgan fingerprint density at radius 1 is 1.04 bits per heavy atom. The topological polar surface area (TPSA) is 93.7 Å². The van der Waals surface area contributed by atoms with Gasteiger partial charge in [0.25, 0.3) is 0 Å². The molecule has 0 radical (unpaired) electrons. The van der Waals surface area contributed by atoms with Crippen molar-refractivity contribution in [2.45, 2.75) is 40.2 Å². The van der Waals surface area contributed by atoms with E-state index in [-0.39, 0.29) is 18.4 Å². The van der Waals surface area contributed by atoms with Gasteiger partial charge in [0, 0.05) is 5.69 Å². The van der Waals surface area contributed by atoms with E-state index in [9.17, 15) is 14.4 Å². The maximum absolute atomic E-state index is 12.4. The molecule has 2 amide bonds. The third kappa shape index (κ3) is 6.82. The van der Waals surface area contributed by atoms with Gasteiger partial charge < -0.3 is 20.1 Å². The van der Waals surface area contributed by atoms with Crippen molar-refractivity contribution in [3.8, 4) is 0 Å². The molecule has 1 unspecified atom stereocenters. The Balaban J connectivity index is 2.70. The Labute approximate surface area is 148 Å². The van der Waals surface area contributed by atoms with Crippen molar-refractivity contribution in [1.29, 1.82) is 0 Å². The largest absolute Gasteiger partial charge is 0.462 e. The van der Waals surface area contributed by atoms with Crippen molar-refractivity contribution in [3.05, 3.63) is 29.8 Å². The number of carbonyl (C=O) groups is 3. The summed E-state index contributed by atoms with van der Waals surface area (Å²) in [7, 11) is 0. The minimum absolute atomic E-state index is 0.118. The second-order valence-corrected chi connectivity index (χ2v) is 5.79. The summed E-state index contributed by atoms with van der Waals surface area (Å²) in [4.78, 5) is 35.7. The molecule has 2 N–H and O–H groups in total. The highest BCUT2D eigenvalue weighted by molar-refractivity contribution is 5.97. The second-order valence-electron chi connectivity index (χ2n) is 5.79. The molecule has 7 heteroatoms. The highest BCUT2D eigenvalue weighted by Gasteiger charge is 2.24. The van der Waals surface area contributed by atoms with Crippen molar-refractivity contribution in [2.24, 2.45) is 5.92 Å². The average Bonchev–Trinajstić information content (AvgIpc) is 2.58. The molecule has 0 aliphatic heterocycles. The molecule has 25 heavy (non-hydrogen) atoms. The Morgan fingerprint density at radius 2 is 1.68 bits per heavy atom. The lowest BCUT2D eigenvalue weighted by Gasteiger charge is -2.21. The van der Waals surface area contributed by atoms with Crippen LogP contribution in [0.5, 0.6) is 0 Å². The van der Waals surface area contributed by atoms with Crippen LogP contribution in [0.3, 0.4) is 0 Å². The van der Waals surface area contributed by atoms with Gasteiger partial charge >= 0.3 is 12.1 Å². The van der Waals surface area contributed by atoms with E-state index in [1.54, 1.807) is 31.2 Å². The Morgan fingerprint density at radius 3 is 2.20 bits per heavy atom. The molecule has 1 atom stereocenters. The SMILES string of the molecule is CCCOC(=O)c1ccc(NC(=O)C(NC(=O)OCC)C(C)C)cc1. The van der Waals surface area contributed by atoms with Crippen LogP contribution >= 0.6 is 0 Å². The van der Waals surface area contributed by atoms with Crippen LogP contribution < -0.4 is 10.6 Å². The van der Waals surface area contributed by atoms with Crippen LogP contribution in [-0.4, -0.2) is 37.2 Å². The molecular weight excluding hydrogens is 324 g/mol. The predicted molar refractivity (Wildman–Crippen MR) is 94.4 cm³/mol. The molecular formula is C18H26N2O5. The van der Waals surface area contributed by atoms with Crippen molar-refractivity contribution in [1.82, 2.24) is 5.32 Å². The molecule has 0 saturated heterocycles. The first-order valence-corrected chi connectivity index (χ1v) is 8.40. The highest BCUT2D eigenvalue weighted by atomic mass is 16.5. The quantitative estimate of drug-likeness (QED) is 0.703. The van der Waals surface area contributed by atoms with E-state index in [0.717, 1.165) is 6.42 Å². The molecule has 0 aliphatic carbocycles. The van der Waals surface area contributed by atoms with Crippen LogP contribution in [0.15, 0.2) is 24.3 Å². The van der Waals surface area contributed by atoms with Gasteiger partial charge in [0.15, 0.2) is 0 Å². The number of amides is 2. The molecule has 0 spiro atoms. The van der Waals surface area contributed by atoms with Crippen LogP contribution in [0.1, 0.15) is 44.5 Å². The Bertz CT molecular complexity index is 584. The third-order valence-corrected chi connectivity index (χ3v) is 3.32. The fourth-order valence-corrected chi connectivity index (χ4v) is 2.02. The fourth-order valence-electron chi connectivity index (χ4n) is 2.02. The van der Waals surface area contributed by atoms with Crippen LogP contribution in [-0.2, 0) is 14.3 Å². The van der Waals surface area contributed by atoms with Crippen LogP contribution in [0.25, 0.3) is 0 Å². The first-order valence-electron chi connectivity index (χ1n) is 8.40. The summed E-state index contributed by atoms with van der Waals surface area (Å²) in [6.45, 7) is 7.85. The molecule has 1 rings (SSSR count). The zero-order chi connectivity index (χ0) is 18.8.